The molecule has 2 heterocycles. The van der Waals surface area contributed by atoms with E-state index in [4.69, 9.17) is 22.3 Å². The minimum atomic E-state index is -1.41. The quantitative estimate of drug-likeness (QED) is 0.0685. The number of amides is 3. The number of aromatic amines is 1. The van der Waals surface area contributed by atoms with Gasteiger partial charge in [-0.15, -0.1) is 0 Å². The highest BCUT2D eigenvalue weighted by Crippen LogP contribution is 2.20. The number of rotatable bonds is 14. The molecule has 1 saturated heterocycles. The molecule has 0 radical (unpaired) electrons. The highest BCUT2D eigenvalue weighted by Gasteiger charge is 2.38. The number of nitrogens with one attached hydrogen (secondary N) is 3. The fourth-order valence-electron chi connectivity index (χ4n) is 3.91. The SMILES string of the molecule is NC(N)=NCCCC(NC(=O)C(Cc1cnc[nH]1)NC(=O)C(N)CC(=O)O)C(=O)N1CCCC1C(=O)O. The van der Waals surface area contributed by atoms with Crippen molar-refractivity contribution < 1.29 is 34.2 Å². The maximum Gasteiger partial charge on any atom is 0.326 e. The van der Waals surface area contributed by atoms with Crippen molar-refractivity contribution in [1.82, 2.24) is 25.5 Å². The zero-order chi connectivity index (χ0) is 27.5. The molecule has 1 aliphatic heterocycles. The number of likely N-dealkylation sites (tertiary alicyclic amines) is 1. The normalized spacial score (nSPS) is 17.3. The van der Waals surface area contributed by atoms with Gasteiger partial charge in [0.15, 0.2) is 5.96 Å². The van der Waals surface area contributed by atoms with Crippen molar-refractivity contribution in [2.24, 2.45) is 22.2 Å². The van der Waals surface area contributed by atoms with E-state index in [2.05, 4.69) is 25.6 Å². The largest absolute Gasteiger partial charge is 0.481 e. The summed E-state index contributed by atoms with van der Waals surface area (Å²) < 4.78 is 0. The average molecular weight is 524 g/mol. The Kier molecular flexibility index (Phi) is 10.8. The molecule has 0 saturated carbocycles. The molecule has 1 aliphatic rings. The topological polar surface area (TPSA) is 272 Å². The second kappa shape index (κ2) is 13.8. The number of hydrogen-bond acceptors (Lipinski definition) is 8. The van der Waals surface area contributed by atoms with Gasteiger partial charge in [-0.3, -0.25) is 24.2 Å². The van der Waals surface area contributed by atoms with Crippen molar-refractivity contribution in [2.45, 2.75) is 62.7 Å². The lowest BCUT2D eigenvalue weighted by atomic mass is 10.1. The van der Waals surface area contributed by atoms with E-state index in [0.717, 1.165) is 0 Å². The van der Waals surface area contributed by atoms with Crippen LogP contribution in [0.2, 0.25) is 0 Å². The third-order valence-electron chi connectivity index (χ3n) is 5.72. The zero-order valence-corrected chi connectivity index (χ0v) is 20.1. The number of guanidine groups is 1. The molecule has 11 N–H and O–H groups in total. The molecule has 16 nitrogen and oxygen atoms in total. The van der Waals surface area contributed by atoms with Gasteiger partial charge in [0.1, 0.15) is 18.1 Å². The van der Waals surface area contributed by atoms with E-state index in [1.54, 1.807) is 0 Å². The van der Waals surface area contributed by atoms with Gasteiger partial charge in [0.25, 0.3) is 0 Å². The molecule has 204 valence electrons. The first kappa shape index (κ1) is 29.0. The number of nitrogens with zero attached hydrogens (tertiary/aromatic N) is 3. The monoisotopic (exact) mass is 523 g/mol. The minimum Gasteiger partial charge on any atom is -0.481 e. The van der Waals surface area contributed by atoms with Crippen LogP contribution < -0.4 is 27.8 Å². The van der Waals surface area contributed by atoms with Crippen molar-refractivity contribution in [3.05, 3.63) is 18.2 Å². The molecular weight excluding hydrogens is 490 g/mol. The van der Waals surface area contributed by atoms with E-state index in [1.807, 2.05) is 0 Å². The average Bonchev–Trinajstić information content (AvgIpc) is 3.51. The van der Waals surface area contributed by atoms with E-state index < -0.39 is 60.2 Å². The number of aliphatic imine (C=N–C) groups is 1. The zero-order valence-electron chi connectivity index (χ0n) is 20.1. The minimum absolute atomic E-state index is 0.0618. The van der Waals surface area contributed by atoms with Crippen LogP contribution in [0.15, 0.2) is 17.5 Å². The third kappa shape index (κ3) is 9.06. The number of imidazole rings is 1. The number of aliphatic carboxylic acids is 2. The van der Waals surface area contributed by atoms with Crippen molar-refractivity contribution >= 4 is 35.6 Å². The van der Waals surface area contributed by atoms with Crippen molar-refractivity contribution in [3.63, 3.8) is 0 Å². The van der Waals surface area contributed by atoms with E-state index >= 15 is 0 Å². The van der Waals surface area contributed by atoms with E-state index in [1.165, 1.54) is 17.4 Å². The number of carboxylic acid groups (broad SMARTS) is 2. The Balaban J connectivity index is 2.22. The van der Waals surface area contributed by atoms with Gasteiger partial charge in [0, 0.05) is 31.4 Å². The summed E-state index contributed by atoms with van der Waals surface area (Å²) in [7, 11) is 0. The van der Waals surface area contributed by atoms with Crippen LogP contribution in [0.4, 0.5) is 0 Å². The number of carbonyl (C=O) groups is 5. The maximum atomic E-state index is 13.3. The van der Waals surface area contributed by atoms with Gasteiger partial charge in [0.2, 0.25) is 17.7 Å². The Morgan fingerprint density at radius 2 is 1.86 bits per heavy atom. The van der Waals surface area contributed by atoms with Crippen LogP contribution >= 0.6 is 0 Å². The first-order valence-electron chi connectivity index (χ1n) is 11.6. The van der Waals surface area contributed by atoms with Crippen LogP contribution in [0, 0.1) is 0 Å². The molecule has 16 heteroatoms. The van der Waals surface area contributed by atoms with E-state index in [-0.39, 0.29) is 38.3 Å². The number of aromatic nitrogens is 2. The molecule has 3 amide bonds. The van der Waals surface area contributed by atoms with Gasteiger partial charge in [0.05, 0.1) is 18.8 Å². The number of H-pyrrole nitrogens is 1. The second-order valence-electron chi connectivity index (χ2n) is 8.58. The Bertz CT molecular complexity index is 995. The molecule has 4 unspecified atom stereocenters. The number of carbonyl (C=O) groups excluding carboxylic acids is 3. The van der Waals surface area contributed by atoms with Crippen LogP contribution in [-0.2, 0) is 30.4 Å². The number of hydrogen-bond donors (Lipinski definition) is 8. The van der Waals surface area contributed by atoms with Crippen molar-refractivity contribution in [1.29, 1.82) is 0 Å². The summed E-state index contributed by atoms with van der Waals surface area (Å²) in [5.74, 6) is -4.79. The Labute approximate surface area is 212 Å². The van der Waals surface area contributed by atoms with Gasteiger partial charge >= 0.3 is 11.9 Å². The Morgan fingerprint density at radius 1 is 1.16 bits per heavy atom. The van der Waals surface area contributed by atoms with Crippen LogP contribution in [-0.4, -0.2) is 98.0 Å². The predicted octanol–water partition coefficient (Wildman–Crippen LogP) is -3.15. The van der Waals surface area contributed by atoms with Gasteiger partial charge in [-0.1, -0.05) is 0 Å². The number of carboxylic acids is 2. The van der Waals surface area contributed by atoms with E-state index in [0.29, 0.717) is 18.5 Å². The van der Waals surface area contributed by atoms with Crippen LogP contribution in [0.3, 0.4) is 0 Å². The van der Waals surface area contributed by atoms with E-state index in [9.17, 15) is 29.1 Å². The summed E-state index contributed by atoms with van der Waals surface area (Å²) in [6, 6.07) is -4.79. The van der Waals surface area contributed by atoms with Crippen LogP contribution in [0.1, 0.15) is 37.8 Å². The maximum absolute atomic E-state index is 13.3. The van der Waals surface area contributed by atoms with Gasteiger partial charge in [-0.05, 0) is 25.7 Å². The molecule has 1 aromatic heterocycles. The molecule has 0 aromatic carbocycles. The molecule has 1 fully saturated rings. The summed E-state index contributed by atoms with van der Waals surface area (Å²) in [5, 5.41) is 23.4. The summed E-state index contributed by atoms with van der Waals surface area (Å²) in [5.41, 5.74) is 16.8. The lowest BCUT2D eigenvalue weighted by molar-refractivity contribution is -0.149. The lowest BCUT2D eigenvalue weighted by Crippen LogP contribution is -2.57. The highest BCUT2D eigenvalue weighted by atomic mass is 16.4. The predicted molar refractivity (Wildman–Crippen MR) is 129 cm³/mol. The molecule has 0 spiro atoms. The molecular formula is C21H33N9O7. The standard InChI is InChI=1S/C21H33N9O7/c22-12(8-16(31)32)17(33)29-14(7-11-9-25-10-27-11)18(34)28-13(3-1-5-26-21(23)24)19(35)30-6-2-4-15(30)20(36)37/h9-10,12-15H,1-8,22H2,(H,25,27)(H,28,34)(H,29,33)(H,31,32)(H,36,37)(H4,23,24,26). The first-order valence-corrected chi connectivity index (χ1v) is 11.6. The van der Waals surface area contributed by atoms with Gasteiger partial charge < -0.3 is 47.9 Å². The fourth-order valence-corrected chi connectivity index (χ4v) is 3.91. The molecule has 4 atom stereocenters. The molecule has 1 aromatic rings. The highest BCUT2D eigenvalue weighted by molar-refractivity contribution is 5.95. The number of nitrogens with two attached hydrogens (primary N) is 3. The summed E-state index contributed by atoms with van der Waals surface area (Å²) in [6.45, 7) is 0.386. The smallest absolute Gasteiger partial charge is 0.326 e. The van der Waals surface area contributed by atoms with Crippen LogP contribution in [0.25, 0.3) is 0 Å². The molecule has 0 aliphatic carbocycles. The first-order chi connectivity index (χ1) is 17.5. The summed E-state index contributed by atoms with van der Waals surface area (Å²) in [6.07, 6.45) is 3.26. The fraction of sp³-hybridized carbons (Fsp3) is 0.571. The van der Waals surface area contributed by atoms with Gasteiger partial charge in [-0.2, -0.15) is 0 Å². The van der Waals surface area contributed by atoms with Gasteiger partial charge in [-0.25, -0.2) is 9.78 Å². The molecule has 37 heavy (non-hydrogen) atoms. The molecule has 2 rings (SSSR count). The second-order valence-corrected chi connectivity index (χ2v) is 8.58. The Hall–Kier alpha value is -4.21. The summed E-state index contributed by atoms with van der Waals surface area (Å²) >= 11 is 0. The Morgan fingerprint density at radius 3 is 2.46 bits per heavy atom. The third-order valence-corrected chi connectivity index (χ3v) is 5.72. The summed E-state index contributed by atoms with van der Waals surface area (Å²) in [4.78, 5) is 73.3. The molecule has 0 bridgehead atoms. The van der Waals surface area contributed by atoms with Crippen molar-refractivity contribution in [2.75, 3.05) is 13.1 Å². The van der Waals surface area contributed by atoms with Crippen molar-refractivity contribution in [3.8, 4) is 0 Å². The lowest BCUT2D eigenvalue weighted by Gasteiger charge is -2.29. The van der Waals surface area contributed by atoms with Crippen LogP contribution in [0.5, 0.6) is 0 Å².